The summed E-state index contributed by atoms with van der Waals surface area (Å²) in [5, 5.41) is 5.66. The number of nitrogens with zero attached hydrogens (tertiary/aromatic N) is 1. The Morgan fingerprint density at radius 1 is 1.14 bits per heavy atom. The number of nitrogens with one attached hydrogen (secondary N) is 2. The molecule has 1 aromatic carbocycles. The van der Waals surface area contributed by atoms with Gasteiger partial charge in [-0.15, -0.1) is 0 Å². The molecule has 0 saturated carbocycles. The highest BCUT2D eigenvalue weighted by Gasteiger charge is 2.24. The molecular formula is C17H27N3O2. The van der Waals surface area contributed by atoms with Gasteiger partial charge in [0.05, 0.1) is 6.04 Å². The van der Waals surface area contributed by atoms with E-state index in [2.05, 4.69) is 15.5 Å². The van der Waals surface area contributed by atoms with Crippen LogP contribution < -0.4 is 10.6 Å². The number of likely N-dealkylation sites (N-methyl/N-ethyl adjacent to an activating group) is 1. The fraction of sp³-hybridized carbons (Fsp3) is 0.529. The van der Waals surface area contributed by atoms with Crippen molar-refractivity contribution in [2.24, 2.45) is 5.92 Å². The monoisotopic (exact) mass is 305 g/mol. The number of amides is 2. The summed E-state index contributed by atoms with van der Waals surface area (Å²) in [4.78, 5) is 25.6. The van der Waals surface area contributed by atoms with Gasteiger partial charge in [-0.05, 0) is 25.6 Å². The second kappa shape index (κ2) is 8.54. The second-order valence-corrected chi connectivity index (χ2v) is 6.06. The lowest BCUT2D eigenvalue weighted by Crippen LogP contribution is -2.50. The van der Waals surface area contributed by atoms with Crippen LogP contribution in [0.2, 0.25) is 0 Å². The molecule has 0 radical (unpaired) electrons. The Morgan fingerprint density at radius 2 is 1.73 bits per heavy atom. The quantitative estimate of drug-likeness (QED) is 0.804. The Balaban J connectivity index is 2.72. The summed E-state index contributed by atoms with van der Waals surface area (Å²) < 4.78 is 0. The molecule has 0 aromatic heterocycles. The molecule has 1 rings (SSSR count). The first-order valence-electron chi connectivity index (χ1n) is 7.59. The molecule has 2 amide bonds. The Labute approximate surface area is 133 Å². The minimum atomic E-state index is -0.504. The van der Waals surface area contributed by atoms with E-state index in [1.807, 2.05) is 58.3 Å². The third-order valence-corrected chi connectivity index (χ3v) is 3.59. The van der Waals surface area contributed by atoms with E-state index in [-0.39, 0.29) is 23.8 Å². The van der Waals surface area contributed by atoms with Gasteiger partial charge in [0.25, 0.3) is 0 Å². The second-order valence-electron chi connectivity index (χ2n) is 6.06. The summed E-state index contributed by atoms with van der Waals surface area (Å²) in [6.07, 6.45) is 0. The van der Waals surface area contributed by atoms with Crippen molar-refractivity contribution in [1.82, 2.24) is 15.5 Å². The van der Waals surface area contributed by atoms with Crippen molar-refractivity contribution in [3.63, 3.8) is 0 Å². The van der Waals surface area contributed by atoms with Gasteiger partial charge in [-0.1, -0.05) is 44.2 Å². The molecule has 0 bridgehead atoms. The van der Waals surface area contributed by atoms with Crippen molar-refractivity contribution in [3.05, 3.63) is 35.9 Å². The molecule has 0 aliphatic heterocycles. The van der Waals surface area contributed by atoms with E-state index in [4.69, 9.17) is 0 Å². The summed E-state index contributed by atoms with van der Waals surface area (Å²) >= 11 is 0. The smallest absolute Gasteiger partial charge is 0.242 e. The minimum Gasteiger partial charge on any atom is -0.352 e. The van der Waals surface area contributed by atoms with E-state index in [1.54, 1.807) is 0 Å². The summed E-state index contributed by atoms with van der Waals surface area (Å²) in [6, 6.07) is 9.63. The van der Waals surface area contributed by atoms with Crippen LogP contribution in [0.25, 0.3) is 0 Å². The molecule has 122 valence electrons. The van der Waals surface area contributed by atoms with Crippen LogP contribution in [0.1, 0.15) is 32.4 Å². The van der Waals surface area contributed by atoms with Crippen LogP contribution in [0, 0.1) is 5.92 Å². The SMILES string of the molecule is CC(=O)NC(C(=O)NCC(c1ccccc1)N(C)C)C(C)C. The van der Waals surface area contributed by atoms with Crippen molar-refractivity contribution in [3.8, 4) is 0 Å². The van der Waals surface area contributed by atoms with Crippen LogP contribution in [0.4, 0.5) is 0 Å². The molecule has 22 heavy (non-hydrogen) atoms. The zero-order chi connectivity index (χ0) is 16.7. The average molecular weight is 305 g/mol. The first-order valence-corrected chi connectivity index (χ1v) is 7.59. The fourth-order valence-electron chi connectivity index (χ4n) is 2.33. The molecule has 0 fully saturated rings. The van der Waals surface area contributed by atoms with Gasteiger partial charge in [0.2, 0.25) is 11.8 Å². The molecule has 1 aromatic rings. The lowest BCUT2D eigenvalue weighted by molar-refractivity contribution is -0.129. The maximum atomic E-state index is 12.3. The van der Waals surface area contributed by atoms with Gasteiger partial charge in [-0.2, -0.15) is 0 Å². The molecule has 0 aliphatic rings. The highest BCUT2D eigenvalue weighted by Crippen LogP contribution is 2.16. The van der Waals surface area contributed by atoms with Crippen molar-refractivity contribution in [2.45, 2.75) is 32.9 Å². The first-order chi connectivity index (χ1) is 10.3. The Morgan fingerprint density at radius 3 is 2.18 bits per heavy atom. The van der Waals surface area contributed by atoms with Crippen molar-refractivity contribution in [1.29, 1.82) is 0 Å². The predicted molar refractivity (Wildman–Crippen MR) is 88.3 cm³/mol. The Hall–Kier alpha value is -1.88. The molecule has 5 heteroatoms. The Kier molecular flexibility index (Phi) is 7.05. The van der Waals surface area contributed by atoms with Gasteiger partial charge in [-0.25, -0.2) is 0 Å². The number of hydrogen-bond acceptors (Lipinski definition) is 3. The average Bonchev–Trinajstić information content (AvgIpc) is 2.45. The molecule has 0 heterocycles. The van der Waals surface area contributed by atoms with E-state index in [1.165, 1.54) is 6.92 Å². The van der Waals surface area contributed by atoms with E-state index in [0.29, 0.717) is 6.54 Å². The van der Waals surface area contributed by atoms with Crippen LogP contribution in [-0.4, -0.2) is 43.4 Å². The highest BCUT2D eigenvalue weighted by molar-refractivity contribution is 5.87. The largest absolute Gasteiger partial charge is 0.352 e. The highest BCUT2D eigenvalue weighted by atomic mass is 16.2. The summed E-state index contributed by atoms with van der Waals surface area (Å²) in [5.41, 5.74) is 1.15. The maximum Gasteiger partial charge on any atom is 0.242 e. The topological polar surface area (TPSA) is 61.4 Å². The number of rotatable bonds is 7. The minimum absolute atomic E-state index is 0.0402. The maximum absolute atomic E-state index is 12.3. The zero-order valence-electron chi connectivity index (χ0n) is 14.1. The van der Waals surface area contributed by atoms with Gasteiger partial charge in [0, 0.05) is 13.5 Å². The van der Waals surface area contributed by atoms with Crippen LogP contribution >= 0.6 is 0 Å². The lowest BCUT2D eigenvalue weighted by atomic mass is 10.0. The van der Waals surface area contributed by atoms with Crippen LogP contribution in [0.15, 0.2) is 30.3 Å². The van der Waals surface area contributed by atoms with Gasteiger partial charge >= 0.3 is 0 Å². The molecule has 0 saturated heterocycles. The van der Waals surface area contributed by atoms with Crippen LogP contribution in [0.3, 0.4) is 0 Å². The van der Waals surface area contributed by atoms with E-state index in [9.17, 15) is 9.59 Å². The summed E-state index contributed by atoms with van der Waals surface area (Å²) in [5.74, 6) is -0.299. The normalized spacial score (nSPS) is 13.8. The molecular weight excluding hydrogens is 278 g/mol. The van der Waals surface area contributed by atoms with Gasteiger partial charge in [0.1, 0.15) is 6.04 Å². The number of carbonyl (C=O) groups excluding carboxylic acids is 2. The van der Waals surface area contributed by atoms with Gasteiger partial charge in [-0.3, -0.25) is 9.59 Å². The zero-order valence-corrected chi connectivity index (χ0v) is 14.1. The van der Waals surface area contributed by atoms with Crippen LogP contribution in [0.5, 0.6) is 0 Å². The predicted octanol–water partition coefficient (Wildman–Crippen LogP) is 1.57. The van der Waals surface area contributed by atoms with Crippen molar-refractivity contribution in [2.75, 3.05) is 20.6 Å². The van der Waals surface area contributed by atoms with Crippen LogP contribution in [-0.2, 0) is 9.59 Å². The van der Waals surface area contributed by atoms with Crippen molar-refractivity contribution < 1.29 is 9.59 Å². The standard InChI is InChI=1S/C17H27N3O2/c1-12(2)16(19-13(3)21)17(22)18-11-15(20(4)5)14-9-7-6-8-10-14/h6-10,12,15-16H,11H2,1-5H3,(H,18,22)(H,19,21). The van der Waals surface area contributed by atoms with E-state index < -0.39 is 6.04 Å². The lowest BCUT2D eigenvalue weighted by Gasteiger charge is -2.27. The summed E-state index contributed by atoms with van der Waals surface area (Å²) in [7, 11) is 3.97. The van der Waals surface area contributed by atoms with Crippen molar-refractivity contribution >= 4 is 11.8 Å². The number of benzene rings is 1. The Bertz CT molecular complexity index is 486. The molecule has 0 spiro atoms. The number of hydrogen-bond donors (Lipinski definition) is 2. The fourth-order valence-corrected chi connectivity index (χ4v) is 2.33. The van der Waals surface area contributed by atoms with E-state index >= 15 is 0 Å². The molecule has 2 atom stereocenters. The summed E-state index contributed by atoms with van der Waals surface area (Å²) in [6.45, 7) is 5.76. The molecule has 5 nitrogen and oxygen atoms in total. The van der Waals surface area contributed by atoms with E-state index in [0.717, 1.165) is 5.56 Å². The van der Waals surface area contributed by atoms with Gasteiger partial charge in [0.15, 0.2) is 0 Å². The molecule has 0 aliphatic carbocycles. The van der Waals surface area contributed by atoms with Gasteiger partial charge < -0.3 is 15.5 Å². The first kappa shape index (κ1) is 18.2. The third kappa shape index (κ3) is 5.48. The third-order valence-electron chi connectivity index (χ3n) is 3.59. The number of carbonyl (C=O) groups is 2. The molecule has 2 unspecified atom stereocenters. The molecule has 2 N–H and O–H groups in total.